The Labute approximate surface area is 111 Å². The summed E-state index contributed by atoms with van der Waals surface area (Å²) >= 11 is 1.65. The molecule has 0 bridgehead atoms. The second kappa shape index (κ2) is 5.73. The largest absolute Gasteiger partial charge is 0.480 e. The van der Waals surface area contributed by atoms with Crippen LogP contribution < -0.4 is 5.32 Å². The summed E-state index contributed by atoms with van der Waals surface area (Å²) < 4.78 is 5.11. The van der Waals surface area contributed by atoms with Gasteiger partial charge in [-0.05, 0) is 12.6 Å². The molecule has 1 aliphatic rings. The summed E-state index contributed by atoms with van der Waals surface area (Å²) in [6, 6.07) is 9.31. The zero-order valence-electron chi connectivity index (χ0n) is 10.3. The first-order chi connectivity index (χ1) is 8.69. The number of carbonyl (C=O) groups is 1. The first kappa shape index (κ1) is 13.4. The third-order valence-corrected chi connectivity index (χ3v) is 4.54. The fraction of sp³-hybridized carbons (Fsp3) is 0.462. The highest BCUT2D eigenvalue weighted by Gasteiger charge is 2.40. The number of thioether (sulfide) groups is 1. The van der Waals surface area contributed by atoms with Crippen molar-refractivity contribution in [1.29, 1.82) is 0 Å². The molecule has 0 saturated carbocycles. The lowest BCUT2D eigenvalue weighted by Crippen LogP contribution is -2.50. The van der Waals surface area contributed by atoms with E-state index in [0.29, 0.717) is 11.0 Å². The number of hydrogen-bond acceptors (Lipinski definition) is 4. The normalized spacial score (nSPS) is 18.9. The first-order valence-corrected chi connectivity index (χ1v) is 6.91. The van der Waals surface area contributed by atoms with Gasteiger partial charge in [0, 0.05) is 5.75 Å². The van der Waals surface area contributed by atoms with Gasteiger partial charge in [0.15, 0.2) is 5.54 Å². The number of hydrogen-bond donors (Lipinski definition) is 2. The highest BCUT2D eigenvalue weighted by molar-refractivity contribution is 8.00. The third-order valence-electron chi connectivity index (χ3n) is 3.20. The molecule has 0 amide bonds. The van der Waals surface area contributed by atoms with Crippen molar-refractivity contribution in [1.82, 2.24) is 5.32 Å². The molecule has 98 valence electrons. The van der Waals surface area contributed by atoms with E-state index in [0.717, 1.165) is 18.8 Å². The van der Waals surface area contributed by atoms with Gasteiger partial charge in [0.2, 0.25) is 0 Å². The maximum atomic E-state index is 11.7. The summed E-state index contributed by atoms with van der Waals surface area (Å²) in [7, 11) is 1.69. The van der Waals surface area contributed by atoms with Crippen molar-refractivity contribution in [3.05, 3.63) is 35.9 Å². The molecule has 0 aliphatic carbocycles. The Kier molecular flexibility index (Phi) is 4.27. The average Bonchev–Trinajstić information content (AvgIpc) is 2.33. The van der Waals surface area contributed by atoms with E-state index in [4.69, 9.17) is 4.74 Å². The molecule has 1 atom stereocenters. The molecule has 1 fully saturated rings. The van der Waals surface area contributed by atoms with Gasteiger partial charge in [-0.25, -0.2) is 4.79 Å². The molecule has 1 heterocycles. The van der Waals surface area contributed by atoms with Crippen LogP contribution in [0.15, 0.2) is 30.3 Å². The molecule has 2 rings (SSSR count). The number of likely N-dealkylation sites (N-methyl/N-ethyl adjacent to an activating group) is 1. The van der Waals surface area contributed by atoms with Gasteiger partial charge in [0.25, 0.3) is 0 Å². The number of nitrogens with one attached hydrogen (secondary N) is 1. The average molecular weight is 267 g/mol. The van der Waals surface area contributed by atoms with Gasteiger partial charge in [0.1, 0.15) is 0 Å². The SMILES string of the molecule is CNC(CSC1COC1)(C(=O)O)c1ccccc1. The number of carboxylic acids is 1. The van der Waals surface area contributed by atoms with Crippen LogP contribution in [0.2, 0.25) is 0 Å². The smallest absolute Gasteiger partial charge is 0.329 e. The zero-order valence-corrected chi connectivity index (χ0v) is 11.1. The van der Waals surface area contributed by atoms with Crippen molar-refractivity contribution in [3.8, 4) is 0 Å². The van der Waals surface area contributed by atoms with Gasteiger partial charge in [-0.1, -0.05) is 30.3 Å². The summed E-state index contributed by atoms with van der Waals surface area (Å²) in [5.41, 5.74) is -0.241. The van der Waals surface area contributed by atoms with Crippen molar-refractivity contribution >= 4 is 17.7 Å². The van der Waals surface area contributed by atoms with E-state index >= 15 is 0 Å². The Bertz CT molecular complexity index is 408. The highest BCUT2D eigenvalue weighted by atomic mass is 32.2. The summed E-state index contributed by atoms with van der Waals surface area (Å²) in [5.74, 6) is -0.347. The maximum absolute atomic E-state index is 11.7. The van der Waals surface area contributed by atoms with Crippen LogP contribution in [0.4, 0.5) is 0 Å². The second-order valence-corrected chi connectivity index (χ2v) is 5.59. The minimum Gasteiger partial charge on any atom is -0.480 e. The molecule has 1 unspecified atom stereocenters. The number of carboxylic acid groups (broad SMARTS) is 1. The fourth-order valence-electron chi connectivity index (χ4n) is 1.87. The predicted molar refractivity (Wildman–Crippen MR) is 71.9 cm³/mol. The molecule has 5 heteroatoms. The van der Waals surface area contributed by atoms with Crippen LogP contribution in [0.3, 0.4) is 0 Å². The van der Waals surface area contributed by atoms with E-state index in [-0.39, 0.29) is 0 Å². The second-order valence-electron chi connectivity index (χ2n) is 4.30. The quantitative estimate of drug-likeness (QED) is 0.814. The minimum atomic E-state index is -1.03. The van der Waals surface area contributed by atoms with Gasteiger partial charge in [0.05, 0.1) is 18.5 Å². The molecule has 0 radical (unpaired) electrons. The summed E-state index contributed by atoms with van der Waals surface area (Å²) in [6.45, 7) is 1.44. The minimum absolute atomic E-state index is 0.417. The molecular formula is C13H17NO3S. The van der Waals surface area contributed by atoms with Gasteiger partial charge >= 0.3 is 5.97 Å². The van der Waals surface area contributed by atoms with Crippen molar-refractivity contribution in [2.45, 2.75) is 10.8 Å². The Balaban J connectivity index is 2.18. The van der Waals surface area contributed by atoms with E-state index in [1.807, 2.05) is 30.3 Å². The van der Waals surface area contributed by atoms with Crippen LogP contribution in [0.1, 0.15) is 5.56 Å². The third kappa shape index (κ3) is 2.53. The van der Waals surface area contributed by atoms with E-state index in [9.17, 15) is 9.90 Å². The molecule has 1 aromatic carbocycles. The summed E-state index contributed by atoms with van der Waals surface area (Å²) in [5, 5.41) is 13.0. The Hall–Kier alpha value is -1.04. The zero-order chi connectivity index (χ0) is 13.0. The predicted octanol–water partition coefficient (Wildman–Crippen LogP) is 1.32. The van der Waals surface area contributed by atoms with Crippen LogP contribution in [0.5, 0.6) is 0 Å². The standard InChI is InChI=1S/C13H17NO3S/c1-14-13(12(15)16,9-18-11-7-17-8-11)10-5-3-2-4-6-10/h2-6,11,14H,7-9H2,1H3,(H,15,16). The van der Waals surface area contributed by atoms with E-state index in [1.165, 1.54) is 0 Å². The Morgan fingerprint density at radius 3 is 2.61 bits per heavy atom. The molecule has 0 spiro atoms. The van der Waals surface area contributed by atoms with Crippen LogP contribution >= 0.6 is 11.8 Å². The van der Waals surface area contributed by atoms with Crippen molar-refractivity contribution < 1.29 is 14.6 Å². The number of ether oxygens (including phenoxy) is 1. The van der Waals surface area contributed by atoms with Gasteiger partial charge in [-0.15, -0.1) is 0 Å². The van der Waals surface area contributed by atoms with Crippen LogP contribution in [-0.2, 0) is 15.1 Å². The molecule has 18 heavy (non-hydrogen) atoms. The summed E-state index contributed by atoms with van der Waals surface area (Å²) in [4.78, 5) is 11.7. The van der Waals surface area contributed by atoms with Crippen molar-refractivity contribution in [3.63, 3.8) is 0 Å². The van der Waals surface area contributed by atoms with Gasteiger partial charge in [-0.3, -0.25) is 0 Å². The van der Waals surface area contributed by atoms with E-state index < -0.39 is 11.5 Å². The number of aliphatic carboxylic acids is 1. The molecular weight excluding hydrogens is 250 g/mol. The number of rotatable bonds is 6. The maximum Gasteiger partial charge on any atom is 0.329 e. The lowest BCUT2D eigenvalue weighted by Gasteiger charge is -2.33. The van der Waals surface area contributed by atoms with E-state index in [2.05, 4.69) is 5.32 Å². The molecule has 1 saturated heterocycles. The van der Waals surface area contributed by atoms with Crippen LogP contribution in [0, 0.1) is 0 Å². The van der Waals surface area contributed by atoms with Crippen molar-refractivity contribution in [2.24, 2.45) is 0 Å². The van der Waals surface area contributed by atoms with Crippen molar-refractivity contribution in [2.75, 3.05) is 26.0 Å². The topological polar surface area (TPSA) is 58.6 Å². The van der Waals surface area contributed by atoms with E-state index in [1.54, 1.807) is 18.8 Å². The van der Waals surface area contributed by atoms with Crippen LogP contribution in [0.25, 0.3) is 0 Å². The lowest BCUT2D eigenvalue weighted by atomic mass is 9.92. The molecule has 1 aliphatic heterocycles. The Morgan fingerprint density at radius 1 is 1.50 bits per heavy atom. The van der Waals surface area contributed by atoms with Gasteiger partial charge < -0.3 is 15.2 Å². The Morgan fingerprint density at radius 2 is 2.17 bits per heavy atom. The number of benzene rings is 1. The lowest BCUT2D eigenvalue weighted by molar-refractivity contribution is -0.144. The first-order valence-electron chi connectivity index (χ1n) is 5.86. The molecule has 0 aromatic heterocycles. The molecule has 2 N–H and O–H groups in total. The molecule has 4 nitrogen and oxygen atoms in total. The fourth-order valence-corrected chi connectivity index (χ4v) is 3.17. The summed E-state index contributed by atoms with van der Waals surface area (Å²) in [6.07, 6.45) is 0. The molecule has 1 aromatic rings. The van der Waals surface area contributed by atoms with Gasteiger partial charge in [-0.2, -0.15) is 11.8 Å². The van der Waals surface area contributed by atoms with Crippen LogP contribution in [-0.4, -0.2) is 42.3 Å². The monoisotopic (exact) mass is 267 g/mol. The highest BCUT2D eigenvalue weighted by Crippen LogP contribution is 2.30.